The molecule has 3 rings (SSSR count). The first kappa shape index (κ1) is 15.3. The van der Waals surface area contributed by atoms with Crippen LogP contribution < -0.4 is 4.74 Å². The molecule has 1 aliphatic carbocycles. The Kier molecular flexibility index (Phi) is 4.28. The fourth-order valence-electron chi connectivity index (χ4n) is 3.23. The van der Waals surface area contributed by atoms with Crippen molar-refractivity contribution in [1.29, 1.82) is 0 Å². The number of hydrogen-bond donors (Lipinski definition) is 1. The second-order valence-electron chi connectivity index (χ2n) is 5.97. The normalized spacial score (nSPS) is 23.4. The average molecular weight is 357 g/mol. The van der Waals surface area contributed by atoms with Crippen LogP contribution in [0.25, 0.3) is 0 Å². The Labute approximate surface area is 133 Å². The van der Waals surface area contributed by atoms with E-state index >= 15 is 0 Å². The van der Waals surface area contributed by atoms with Crippen molar-refractivity contribution in [2.75, 3.05) is 20.3 Å². The molecule has 1 aromatic carbocycles. The number of methoxy groups -OCH3 is 1. The Morgan fingerprint density at radius 1 is 1.19 bits per heavy atom. The first-order valence-corrected chi connectivity index (χ1v) is 8.16. The summed E-state index contributed by atoms with van der Waals surface area (Å²) in [5, 5.41) is 10.9. The Morgan fingerprint density at radius 3 is 2.48 bits per heavy atom. The van der Waals surface area contributed by atoms with Gasteiger partial charge in [-0.15, -0.1) is 0 Å². The van der Waals surface area contributed by atoms with Crippen molar-refractivity contribution in [2.24, 2.45) is 0 Å². The van der Waals surface area contributed by atoms with Crippen molar-refractivity contribution in [3.05, 3.63) is 28.2 Å². The summed E-state index contributed by atoms with van der Waals surface area (Å²) in [6.45, 7) is 1.33. The molecular formula is C16H21BrO4. The summed E-state index contributed by atoms with van der Waals surface area (Å²) < 4.78 is 17.7. The van der Waals surface area contributed by atoms with E-state index in [1.807, 2.05) is 18.2 Å². The molecule has 1 N–H and O–H groups in total. The van der Waals surface area contributed by atoms with E-state index in [4.69, 9.17) is 14.2 Å². The van der Waals surface area contributed by atoms with Crippen LogP contribution >= 0.6 is 15.9 Å². The van der Waals surface area contributed by atoms with Gasteiger partial charge in [-0.2, -0.15) is 0 Å². The molecule has 0 amide bonds. The summed E-state index contributed by atoms with van der Waals surface area (Å²) in [5.41, 5.74) is 0.371. The molecule has 5 heteroatoms. The maximum atomic E-state index is 10.9. The topological polar surface area (TPSA) is 47.9 Å². The van der Waals surface area contributed by atoms with Crippen molar-refractivity contribution in [3.63, 3.8) is 0 Å². The molecule has 0 radical (unpaired) electrons. The van der Waals surface area contributed by atoms with Crippen LogP contribution in [0.3, 0.4) is 0 Å². The average Bonchev–Trinajstić information content (AvgIpc) is 2.94. The van der Waals surface area contributed by atoms with Gasteiger partial charge < -0.3 is 19.3 Å². The molecule has 1 saturated heterocycles. The molecule has 1 saturated carbocycles. The summed E-state index contributed by atoms with van der Waals surface area (Å²) in [5.74, 6) is 0.379. The standard InChI is InChI=1S/C16H21BrO4/c1-19-13-2-3-14(17)12(10-13)11-15(18)4-6-16(7-5-15)20-8-9-21-16/h2-3,10,18H,4-9,11H2,1H3. The third-order valence-electron chi connectivity index (χ3n) is 4.53. The predicted octanol–water partition coefficient (Wildman–Crippen LogP) is 3.05. The first-order chi connectivity index (χ1) is 10.0. The van der Waals surface area contributed by atoms with Crippen LogP contribution in [0.1, 0.15) is 31.2 Å². The molecule has 1 aromatic rings. The summed E-state index contributed by atoms with van der Waals surface area (Å²) in [7, 11) is 1.65. The largest absolute Gasteiger partial charge is 0.497 e. The molecule has 1 aliphatic heterocycles. The fourth-order valence-corrected chi connectivity index (χ4v) is 3.61. The van der Waals surface area contributed by atoms with E-state index in [2.05, 4.69) is 15.9 Å². The fraction of sp³-hybridized carbons (Fsp3) is 0.625. The third kappa shape index (κ3) is 3.26. The minimum atomic E-state index is -0.699. The highest BCUT2D eigenvalue weighted by Crippen LogP contribution is 2.42. The van der Waals surface area contributed by atoms with E-state index < -0.39 is 11.4 Å². The lowest BCUT2D eigenvalue weighted by atomic mass is 9.78. The van der Waals surface area contributed by atoms with Crippen LogP contribution in [0.4, 0.5) is 0 Å². The van der Waals surface area contributed by atoms with Crippen molar-refractivity contribution in [3.8, 4) is 5.75 Å². The number of rotatable bonds is 3. The predicted molar refractivity (Wildman–Crippen MR) is 82.5 cm³/mol. The second kappa shape index (κ2) is 5.88. The maximum Gasteiger partial charge on any atom is 0.168 e. The van der Waals surface area contributed by atoms with Crippen molar-refractivity contribution in [1.82, 2.24) is 0 Å². The van der Waals surface area contributed by atoms with Crippen LogP contribution in [0.15, 0.2) is 22.7 Å². The summed E-state index contributed by atoms with van der Waals surface area (Å²) >= 11 is 3.55. The smallest absolute Gasteiger partial charge is 0.168 e. The number of aliphatic hydroxyl groups is 1. The Balaban J connectivity index is 1.70. The molecule has 0 bridgehead atoms. The van der Waals surface area contributed by atoms with Gasteiger partial charge >= 0.3 is 0 Å². The van der Waals surface area contributed by atoms with Crippen LogP contribution in [-0.2, 0) is 15.9 Å². The van der Waals surface area contributed by atoms with Gasteiger partial charge in [0.05, 0.1) is 25.9 Å². The minimum Gasteiger partial charge on any atom is -0.497 e. The second-order valence-corrected chi connectivity index (χ2v) is 6.82. The van der Waals surface area contributed by atoms with Crippen LogP contribution in [-0.4, -0.2) is 36.8 Å². The highest BCUT2D eigenvalue weighted by molar-refractivity contribution is 9.10. The molecule has 1 heterocycles. The number of halogens is 1. The van der Waals surface area contributed by atoms with Gasteiger partial charge in [0.25, 0.3) is 0 Å². The lowest BCUT2D eigenvalue weighted by Crippen LogP contribution is -2.44. The summed E-state index contributed by atoms with van der Waals surface area (Å²) in [6, 6.07) is 5.85. The van der Waals surface area contributed by atoms with Crippen molar-refractivity contribution in [2.45, 2.75) is 43.5 Å². The van der Waals surface area contributed by atoms with Crippen molar-refractivity contribution >= 4 is 15.9 Å². The van der Waals surface area contributed by atoms with E-state index in [1.54, 1.807) is 7.11 Å². The molecule has 0 unspecified atom stereocenters. The van der Waals surface area contributed by atoms with Gasteiger partial charge in [-0.3, -0.25) is 0 Å². The Bertz CT molecular complexity index is 501. The van der Waals surface area contributed by atoms with E-state index in [0.29, 0.717) is 32.5 Å². The molecule has 0 aromatic heterocycles. The number of benzene rings is 1. The number of ether oxygens (including phenoxy) is 3. The van der Waals surface area contributed by atoms with Gasteiger partial charge in [0, 0.05) is 23.7 Å². The molecular weight excluding hydrogens is 336 g/mol. The van der Waals surface area contributed by atoms with Gasteiger partial charge in [-0.1, -0.05) is 15.9 Å². The Morgan fingerprint density at radius 2 is 1.86 bits per heavy atom. The molecule has 4 nitrogen and oxygen atoms in total. The first-order valence-electron chi connectivity index (χ1n) is 7.37. The third-order valence-corrected chi connectivity index (χ3v) is 5.30. The van der Waals surface area contributed by atoms with E-state index in [-0.39, 0.29) is 0 Å². The maximum absolute atomic E-state index is 10.9. The SMILES string of the molecule is COc1ccc(Br)c(CC2(O)CCC3(CC2)OCCO3)c1. The quantitative estimate of drug-likeness (QED) is 0.903. The minimum absolute atomic E-state index is 0.433. The van der Waals surface area contributed by atoms with E-state index in [1.165, 1.54) is 0 Å². The van der Waals surface area contributed by atoms with Gasteiger partial charge in [0.1, 0.15) is 5.75 Å². The molecule has 21 heavy (non-hydrogen) atoms. The zero-order valence-corrected chi connectivity index (χ0v) is 13.8. The van der Waals surface area contributed by atoms with E-state index in [9.17, 15) is 5.11 Å². The summed E-state index contributed by atoms with van der Waals surface area (Å²) in [4.78, 5) is 0. The van der Waals surface area contributed by atoms with Gasteiger partial charge in [-0.25, -0.2) is 0 Å². The molecule has 116 valence electrons. The Hall–Kier alpha value is -0.620. The van der Waals surface area contributed by atoms with Crippen molar-refractivity contribution < 1.29 is 19.3 Å². The zero-order chi connectivity index (χ0) is 14.9. The van der Waals surface area contributed by atoms with Gasteiger partial charge in [0.2, 0.25) is 0 Å². The molecule has 2 aliphatic rings. The van der Waals surface area contributed by atoms with Crippen LogP contribution in [0, 0.1) is 0 Å². The lowest BCUT2D eigenvalue weighted by Gasteiger charge is -2.40. The van der Waals surface area contributed by atoms with Gasteiger partial charge in [0.15, 0.2) is 5.79 Å². The van der Waals surface area contributed by atoms with E-state index in [0.717, 1.165) is 28.6 Å². The van der Waals surface area contributed by atoms with Crippen LogP contribution in [0.2, 0.25) is 0 Å². The number of hydrogen-bond acceptors (Lipinski definition) is 4. The monoisotopic (exact) mass is 356 g/mol. The van der Waals surface area contributed by atoms with Gasteiger partial charge in [-0.05, 0) is 36.6 Å². The van der Waals surface area contributed by atoms with Crippen LogP contribution in [0.5, 0.6) is 5.75 Å². The lowest BCUT2D eigenvalue weighted by molar-refractivity contribution is -0.202. The molecule has 0 atom stereocenters. The summed E-state index contributed by atoms with van der Waals surface area (Å²) in [6.07, 6.45) is 3.50. The highest BCUT2D eigenvalue weighted by Gasteiger charge is 2.45. The zero-order valence-electron chi connectivity index (χ0n) is 12.2. The molecule has 2 fully saturated rings. The highest BCUT2D eigenvalue weighted by atomic mass is 79.9. The molecule has 1 spiro atoms.